The van der Waals surface area contributed by atoms with Crippen molar-refractivity contribution in [3.05, 3.63) is 119 Å². The highest BCUT2D eigenvalue weighted by Crippen LogP contribution is 2.30. The number of ether oxygens (including phenoxy) is 1. The van der Waals surface area contributed by atoms with Crippen molar-refractivity contribution >= 4 is 46.9 Å². The second kappa shape index (κ2) is 14.9. The molecule has 0 aliphatic rings. The van der Waals surface area contributed by atoms with E-state index in [2.05, 4.69) is 16.0 Å². The summed E-state index contributed by atoms with van der Waals surface area (Å²) < 4.78 is 5.36. The van der Waals surface area contributed by atoms with E-state index in [1.165, 1.54) is 37.1 Å². The first-order valence-electron chi connectivity index (χ1n) is 14.1. The Morgan fingerprint density at radius 2 is 1.66 bits per heavy atom. The molecule has 4 aromatic carbocycles. The van der Waals surface area contributed by atoms with Crippen molar-refractivity contribution in [2.75, 3.05) is 17.7 Å². The number of aryl methyl sites for hydroxylation is 1. The van der Waals surface area contributed by atoms with Crippen molar-refractivity contribution in [3.63, 3.8) is 0 Å². The first-order chi connectivity index (χ1) is 21.2. The van der Waals surface area contributed by atoms with Crippen LogP contribution in [0.25, 0.3) is 6.08 Å². The van der Waals surface area contributed by atoms with Crippen LogP contribution >= 0.6 is 11.8 Å². The Kier molecular flexibility index (Phi) is 10.8. The number of amides is 3. The van der Waals surface area contributed by atoms with E-state index in [4.69, 9.17) is 4.74 Å². The lowest BCUT2D eigenvalue weighted by Gasteiger charge is -2.17. The number of thioether (sulfide) groups is 1. The van der Waals surface area contributed by atoms with Gasteiger partial charge in [-0.05, 0) is 86.0 Å². The summed E-state index contributed by atoms with van der Waals surface area (Å²) >= 11 is 1.40. The van der Waals surface area contributed by atoms with E-state index < -0.39 is 11.8 Å². The minimum atomic E-state index is -0.564. The molecule has 226 valence electrons. The fraction of sp³-hybridized carbons (Fsp3) is 0.171. The molecule has 0 aliphatic heterocycles. The van der Waals surface area contributed by atoms with Crippen LogP contribution in [0.15, 0.2) is 102 Å². The van der Waals surface area contributed by atoms with Gasteiger partial charge in [-0.2, -0.15) is 0 Å². The monoisotopic (exact) mass is 609 g/mol. The number of methoxy groups -OCH3 is 1. The predicted octanol–water partition coefficient (Wildman–Crippen LogP) is 6.94. The molecule has 0 bridgehead atoms. The SMILES string of the molecule is CCC(Sc1cccc(NC(=O)/C(=C\c2ccc(O)cc2OC)NC(=O)c2ccccc2)c1)C(=O)Nc1cccc(C)c1C. The number of rotatable bonds is 11. The van der Waals surface area contributed by atoms with E-state index in [1.54, 1.807) is 54.6 Å². The van der Waals surface area contributed by atoms with Gasteiger partial charge < -0.3 is 25.8 Å². The maximum absolute atomic E-state index is 13.6. The number of carbonyl (C=O) groups excluding carboxylic acids is 3. The fourth-order valence-corrected chi connectivity index (χ4v) is 5.36. The molecule has 0 saturated carbocycles. The van der Waals surface area contributed by atoms with Gasteiger partial charge in [-0.15, -0.1) is 11.8 Å². The second-order valence-electron chi connectivity index (χ2n) is 10.0. The molecule has 0 spiro atoms. The highest BCUT2D eigenvalue weighted by atomic mass is 32.2. The third-order valence-electron chi connectivity index (χ3n) is 6.94. The number of aromatic hydroxyl groups is 1. The van der Waals surface area contributed by atoms with Gasteiger partial charge in [0.2, 0.25) is 5.91 Å². The van der Waals surface area contributed by atoms with E-state index in [-0.39, 0.29) is 22.6 Å². The van der Waals surface area contributed by atoms with Crippen molar-refractivity contribution in [1.29, 1.82) is 0 Å². The van der Waals surface area contributed by atoms with Crippen LogP contribution in [0.4, 0.5) is 11.4 Å². The van der Waals surface area contributed by atoms with E-state index in [9.17, 15) is 19.5 Å². The summed E-state index contributed by atoms with van der Waals surface area (Å²) in [4.78, 5) is 40.5. The summed E-state index contributed by atoms with van der Waals surface area (Å²) in [7, 11) is 1.45. The molecule has 44 heavy (non-hydrogen) atoms. The zero-order valence-electron chi connectivity index (χ0n) is 25.0. The molecule has 8 nitrogen and oxygen atoms in total. The average Bonchev–Trinajstić information content (AvgIpc) is 3.02. The van der Waals surface area contributed by atoms with Crippen LogP contribution in [0.3, 0.4) is 0 Å². The Balaban J connectivity index is 1.54. The molecule has 0 aromatic heterocycles. The van der Waals surface area contributed by atoms with Gasteiger partial charge in [0.25, 0.3) is 11.8 Å². The Labute approximate surface area is 261 Å². The van der Waals surface area contributed by atoms with Crippen LogP contribution in [-0.2, 0) is 9.59 Å². The molecule has 9 heteroatoms. The maximum atomic E-state index is 13.6. The molecule has 0 fully saturated rings. The molecule has 0 heterocycles. The van der Waals surface area contributed by atoms with Gasteiger partial charge in [-0.3, -0.25) is 14.4 Å². The lowest BCUT2D eigenvalue weighted by molar-refractivity contribution is -0.116. The average molecular weight is 610 g/mol. The summed E-state index contributed by atoms with van der Waals surface area (Å²) in [6.45, 7) is 5.94. The van der Waals surface area contributed by atoms with E-state index >= 15 is 0 Å². The highest BCUT2D eigenvalue weighted by Gasteiger charge is 2.20. The topological polar surface area (TPSA) is 117 Å². The van der Waals surface area contributed by atoms with E-state index in [1.807, 2.05) is 45.0 Å². The third-order valence-corrected chi connectivity index (χ3v) is 8.30. The van der Waals surface area contributed by atoms with Gasteiger partial charge in [0.05, 0.1) is 12.4 Å². The Morgan fingerprint density at radius 3 is 2.39 bits per heavy atom. The summed E-state index contributed by atoms with van der Waals surface area (Å²) in [5, 5.41) is 18.1. The van der Waals surface area contributed by atoms with Crippen molar-refractivity contribution in [2.24, 2.45) is 0 Å². The standard InChI is InChI=1S/C35H35N3O5S/c1-5-32(35(42)37-29-16-9-11-22(2)23(29)3)44-28-15-10-14-26(20-28)36-34(41)30(38-33(40)24-12-7-6-8-13-24)19-25-17-18-27(39)21-31(25)43-4/h6-21,32,39H,5H2,1-4H3,(H,36,41)(H,37,42)(H,38,40)/b30-19+. The molecular formula is C35H35N3O5S. The Hall–Kier alpha value is -5.02. The highest BCUT2D eigenvalue weighted by molar-refractivity contribution is 8.00. The zero-order chi connectivity index (χ0) is 31.6. The number of hydrogen-bond acceptors (Lipinski definition) is 6. The molecule has 0 radical (unpaired) electrons. The summed E-state index contributed by atoms with van der Waals surface area (Å²) in [6.07, 6.45) is 2.09. The molecular weight excluding hydrogens is 574 g/mol. The number of nitrogens with one attached hydrogen (secondary N) is 3. The van der Waals surface area contributed by atoms with Crippen LogP contribution in [0, 0.1) is 13.8 Å². The van der Waals surface area contributed by atoms with Gasteiger partial charge in [0.1, 0.15) is 17.2 Å². The van der Waals surface area contributed by atoms with Crippen LogP contribution in [0.5, 0.6) is 11.5 Å². The molecule has 0 aliphatic carbocycles. The Bertz CT molecular complexity index is 1690. The molecule has 1 atom stereocenters. The number of phenolic OH excluding ortho intramolecular Hbond substituents is 1. The molecule has 4 N–H and O–H groups in total. The van der Waals surface area contributed by atoms with Crippen LogP contribution in [0.2, 0.25) is 0 Å². The number of anilines is 2. The van der Waals surface area contributed by atoms with Crippen molar-refractivity contribution < 1.29 is 24.2 Å². The van der Waals surface area contributed by atoms with Gasteiger partial charge in [0, 0.05) is 33.5 Å². The number of benzene rings is 4. The molecule has 0 saturated heterocycles. The largest absolute Gasteiger partial charge is 0.508 e. The second-order valence-corrected chi connectivity index (χ2v) is 11.3. The maximum Gasteiger partial charge on any atom is 0.272 e. The smallest absolute Gasteiger partial charge is 0.272 e. The molecule has 1 unspecified atom stereocenters. The number of phenols is 1. The Morgan fingerprint density at radius 1 is 0.909 bits per heavy atom. The van der Waals surface area contributed by atoms with Crippen molar-refractivity contribution in [3.8, 4) is 11.5 Å². The van der Waals surface area contributed by atoms with Crippen molar-refractivity contribution in [2.45, 2.75) is 37.3 Å². The van der Waals surface area contributed by atoms with Crippen LogP contribution < -0.4 is 20.7 Å². The summed E-state index contributed by atoms with van der Waals surface area (Å²) in [5.74, 6) is -0.800. The normalized spacial score (nSPS) is 11.8. The third kappa shape index (κ3) is 8.29. The van der Waals surface area contributed by atoms with Crippen LogP contribution in [-0.4, -0.2) is 35.2 Å². The lowest BCUT2D eigenvalue weighted by atomic mass is 10.1. The number of carbonyl (C=O) groups is 3. The summed E-state index contributed by atoms with van der Waals surface area (Å²) in [6, 6.07) is 26.0. The number of hydrogen-bond donors (Lipinski definition) is 4. The van der Waals surface area contributed by atoms with E-state index in [0.717, 1.165) is 21.7 Å². The van der Waals surface area contributed by atoms with Gasteiger partial charge in [-0.25, -0.2) is 0 Å². The van der Waals surface area contributed by atoms with E-state index in [0.29, 0.717) is 29.0 Å². The molecule has 4 rings (SSSR count). The van der Waals surface area contributed by atoms with Gasteiger partial charge >= 0.3 is 0 Å². The lowest BCUT2D eigenvalue weighted by Crippen LogP contribution is -2.30. The van der Waals surface area contributed by atoms with Crippen molar-refractivity contribution in [1.82, 2.24) is 5.32 Å². The molecule has 4 aromatic rings. The van der Waals surface area contributed by atoms with Crippen LogP contribution in [0.1, 0.15) is 40.4 Å². The molecule has 3 amide bonds. The first kappa shape index (κ1) is 31.9. The summed E-state index contributed by atoms with van der Waals surface area (Å²) in [5.41, 5.74) is 4.24. The van der Waals surface area contributed by atoms with Gasteiger partial charge in [0.15, 0.2) is 0 Å². The predicted molar refractivity (Wildman–Crippen MR) is 176 cm³/mol. The minimum absolute atomic E-state index is 0.000666. The minimum Gasteiger partial charge on any atom is -0.508 e. The van der Waals surface area contributed by atoms with Gasteiger partial charge in [-0.1, -0.05) is 43.3 Å². The fourth-order valence-electron chi connectivity index (χ4n) is 4.35. The first-order valence-corrected chi connectivity index (χ1v) is 15.0. The zero-order valence-corrected chi connectivity index (χ0v) is 25.8. The quantitative estimate of drug-likeness (QED) is 0.108.